The summed E-state index contributed by atoms with van der Waals surface area (Å²) in [5.74, 6) is 1.71. The van der Waals surface area contributed by atoms with Gasteiger partial charge in [-0.15, -0.1) is 0 Å². The molecular weight excluding hydrogens is 680 g/mol. The average molecular weight is 711 g/mol. The maximum Gasteiger partial charge on any atom is 0.418 e. The van der Waals surface area contributed by atoms with Crippen molar-refractivity contribution in [2.45, 2.75) is 19.3 Å². The van der Waals surface area contributed by atoms with Crippen molar-refractivity contribution in [2.24, 2.45) is 0 Å². The van der Waals surface area contributed by atoms with Gasteiger partial charge in [-0.2, -0.15) is 22.5 Å². The topological polar surface area (TPSA) is 104 Å². The van der Waals surface area contributed by atoms with Gasteiger partial charge in [0.2, 0.25) is 0 Å². The van der Waals surface area contributed by atoms with Crippen LogP contribution in [0.15, 0.2) is 72.8 Å². The second-order valence-corrected chi connectivity index (χ2v) is 11.9. The lowest BCUT2D eigenvalue weighted by Gasteiger charge is -2.34. The molecule has 0 radical (unpaired) electrons. The van der Waals surface area contributed by atoms with E-state index in [0.717, 1.165) is 17.2 Å². The predicted molar refractivity (Wildman–Crippen MR) is 180 cm³/mol. The van der Waals surface area contributed by atoms with Gasteiger partial charge in [0.25, 0.3) is 0 Å². The Hall–Kier alpha value is -5.37. The summed E-state index contributed by atoms with van der Waals surface area (Å²) < 4.78 is 69.0. The molecule has 3 aromatic carbocycles. The van der Waals surface area contributed by atoms with E-state index in [-0.39, 0.29) is 67.0 Å². The van der Waals surface area contributed by atoms with Gasteiger partial charge >= 0.3 is 18.3 Å². The molecule has 1 aliphatic heterocycles. The van der Waals surface area contributed by atoms with Crippen LogP contribution >= 0.6 is 11.6 Å². The van der Waals surface area contributed by atoms with E-state index in [9.17, 15) is 27.5 Å². The van der Waals surface area contributed by atoms with E-state index < -0.39 is 29.6 Å². The molecule has 0 atom stereocenters. The molecule has 5 aromatic rings. The molecule has 15 heteroatoms. The molecule has 260 valence electrons. The van der Waals surface area contributed by atoms with Crippen LogP contribution in [-0.2, 0) is 19.3 Å². The largest absolute Gasteiger partial charge is 0.497 e. The van der Waals surface area contributed by atoms with Crippen LogP contribution in [0.3, 0.4) is 0 Å². The van der Waals surface area contributed by atoms with Crippen molar-refractivity contribution in [1.82, 2.24) is 19.9 Å². The molecule has 1 amide bonds. The Morgan fingerprint density at radius 2 is 1.44 bits per heavy atom. The molecule has 1 N–H and O–H groups in total. The van der Waals surface area contributed by atoms with Gasteiger partial charge in [-0.05, 0) is 59.7 Å². The first-order valence-corrected chi connectivity index (χ1v) is 15.8. The molecule has 1 fully saturated rings. The molecule has 0 saturated carbocycles. The smallest absolute Gasteiger partial charge is 0.418 e. The Balaban J connectivity index is 1.44. The van der Waals surface area contributed by atoms with Gasteiger partial charge in [0.05, 0.1) is 36.0 Å². The monoisotopic (exact) mass is 710 g/mol. The summed E-state index contributed by atoms with van der Waals surface area (Å²) in [5, 5.41) is 9.53. The third-order valence-corrected chi connectivity index (χ3v) is 8.73. The number of benzene rings is 3. The number of pyridine rings is 1. The lowest BCUT2D eigenvalue weighted by Crippen LogP contribution is -2.48. The van der Waals surface area contributed by atoms with E-state index in [4.69, 9.17) is 21.1 Å². The fourth-order valence-electron chi connectivity index (χ4n) is 5.82. The van der Waals surface area contributed by atoms with Crippen LogP contribution in [0.1, 0.15) is 16.7 Å². The molecule has 50 heavy (non-hydrogen) atoms. The normalized spacial score (nSPS) is 13.4. The molecular formula is C35H31ClF4N6O4. The fourth-order valence-corrected chi connectivity index (χ4v) is 6.07. The van der Waals surface area contributed by atoms with Crippen LogP contribution in [0.5, 0.6) is 11.5 Å². The molecule has 0 bridgehead atoms. The van der Waals surface area contributed by atoms with Gasteiger partial charge in [0.15, 0.2) is 0 Å². The SMILES string of the molecule is COc1ccc(CN(Cc2ccc(OC)cc2)c2ccc(C(F)(F)F)c(-c3cc4nc(F)nc(N5CCN(C(=O)O)CC5)c4cc3Cl)n2)cc1. The van der Waals surface area contributed by atoms with E-state index in [1.807, 2.05) is 29.2 Å². The van der Waals surface area contributed by atoms with Crippen molar-refractivity contribution >= 4 is 40.2 Å². The highest BCUT2D eigenvalue weighted by Gasteiger charge is 2.36. The molecule has 1 saturated heterocycles. The van der Waals surface area contributed by atoms with Crippen molar-refractivity contribution < 1.29 is 36.9 Å². The zero-order valence-electron chi connectivity index (χ0n) is 26.9. The second kappa shape index (κ2) is 14.2. The molecule has 1 aliphatic rings. The van der Waals surface area contributed by atoms with Crippen LogP contribution in [0.2, 0.25) is 5.02 Å². The number of carboxylic acid groups (broad SMARTS) is 1. The van der Waals surface area contributed by atoms with Gasteiger partial charge < -0.3 is 29.3 Å². The van der Waals surface area contributed by atoms with Crippen molar-refractivity contribution in [3.63, 3.8) is 0 Å². The first-order valence-electron chi connectivity index (χ1n) is 15.4. The van der Waals surface area contributed by atoms with Crippen LogP contribution in [0, 0.1) is 6.08 Å². The summed E-state index contributed by atoms with van der Waals surface area (Å²) in [6.45, 7) is 1.33. The van der Waals surface area contributed by atoms with Gasteiger partial charge in [0, 0.05) is 50.2 Å². The molecule has 0 aliphatic carbocycles. The molecule has 0 spiro atoms. The summed E-state index contributed by atoms with van der Waals surface area (Å²) in [7, 11) is 3.11. The van der Waals surface area contributed by atoms with E-state index in [2.05, 4.69) is 15.0 Å². The summed E-state index contributed by atoms with van der Waals surface area (Å²) in [6, 6.07) is 19.6. The van der Waals surface area contributed by atoms with Crippen LogP contribution in [0.25, 0.3) is 22.2 Å². The summed E-state index contributed by atoms with van der Waals surface area (Å²) in [5.41, 5.74) is 0.149. The number of fused-ring (bicyclic) bond motifs is 1. The maximum absolute atomic E-state index is 14.8. The number of ether oxygens (including phenoxy) is 2. The first-order chi connectivity index (χ1) is 23.9. The second-order valence-electron chi connectivity index (χ2n) is 11.5. The van der Waals surface area contributed by atoms with Gasteiger partial charge in [-0.3, -0.25) is 0 Å². The quantitative estimate of drug-likeness (QED) is 0.123. The number of piperazine rings is 1. The number of methoxy groups -OCH3 is 2. The molecule has 0 unspecified atom stereocenters. The van der Waals surface area contributed by atoms with Crippen LogP contribution in [0.4, 0.5) is 34.0 Å². The Bertz CT molecular complexity index is 1960. The number of anilines is 2. The van der Waals surface area contributed by atoms with E-state index in [1.54, 1.807) is 43.4 Å². The number of halogens is 5. The number of nitrogens with zero attached hydrogens (tertiary/aromatic N) is 6. The number of aromatic nitrogens is 3. The highest BCUT2D eigenvalue weighted by Crippen LogP contribution is 2.42. The molecule has 3 heterocycles. The third-order valence-electron chi connectivity index (χ3n) is 8.42. The lowest BCUT2D eigenvalue weighted by molar-refractivity contribution is -0.137. The van der Waals surface area contributed by atoms with Crippen LogP contribution in [-0.4, -0.2) is 71.5 Å². The molecule has 10 nitrogen and oxygen atoms in total. The average Bonchev–Trinajstić information content (AvgIpc) is 3.11. The van der Waals surface area contributed by atoms with Crippen molar-refractivity contribution in [3.05, 3.63) is 101 Å². The minimum atomic E-state index is -4.80. The number of hydrogen-bond donors (Lipinski definition) is 1. The maximum atomic E-state index is 14.8. The number of hydrogen-bond acceptors (Lipinski definition) is 8. The van der Waals surface area contributed by atoms with Crippen molar-refractivity contribution in [1.29, 1.82) is 0 Å². The zero-order valence-corrected chi connectivity index (χ0v) is 27.7. The van der Waals surface area contributed by atoms with Gasteiger partial charge in [-0.1, -0.05) is 35.9 Å². The summed E-state index contributed by atoms with van der Waals surface area (Å²) >= 11 is 6.73. The van der Waals surface area contributed by atoms with Crippen molar-refractivity contribution in [2.75, 3.05) is 50.2 Å². The Morgan fingerprint density at radius 1 is 0.860 bits per heavy atom. The van der Waals surface area contributed by atoms with Crippen LogP contribution < -0.4 is 19.3 Å². The Morgan fingerprint density at radius 3 is 1.96 bits per heavy atom. The fraction of sp³-hybridized carbons (Fsp3) is 0.257. The Labute approximate surface area is 289 Å². The zero-order chi connectivity index (χ0) is 35.6. The van der Waals surface area contributed by atoms with Crippen molar-refractivity contribution in [3.8, 4) is 22.8 Å². The highest BCUT2D eigenvalue weighted by molar-refractivity contribution is 6.34. The highest BCUT2D eigenvalue weighted by atomic mass is 35.5. The van der Waals surface area contributed by atoms with E-state index in [0.29, 0.717) is 16.9 Å². The summed E-state index contributed by atoms with van der Waals surface area (Å²) in [4.78, 5) is 28.5. The van der Waals surface area contributed by atoms with Gasteiger partial charge in [-0.25, -0.2) is 14.8 Å². The van der Waals surface area contributed by atoms with E-state index in [1.165, 1.54) is 23.1 Å². The predicted octanol–water partition coefficient (Wildman–Crippen LogP) is 7.53. The number of rotatable bonds is 9. The minimum absolute atomic E-state index is 0.0150. The standard InChI is InChI=1S/C35H31ClF4N6O4/c1-49-23-7-3-21(4-8-23)19-46(20-22-5-9-24(50-2)10-6-22)30-12-11-27(35(38,39)40)31(42-30)25-18-29-26(17-28(25)36)32(43-33(37)41-29)44-13-15-45(16-14-44)34(47)48/h3-12,17-18H,13-16,19-20H2,1-2H3,(H,47,48). The van der Waals surface area contributed by atoms with Gasteiger partial charge in [0.1, 0.15) is 23.1 Å². The number of carbonyl (C=O) groups is 1. The molecule has 6 rings (SSSR count). The number of alkyl halides is 3. The van der Waals surface area contributed by atoms with E-state index >= 15 is 0 Å². The minimum Gasteiger partial charge on any atom is -0.497 e. The Kier molecular flexibility index (Phi) is 9.82. The third kappa shape index (κ3) is 7.44. The summed E-state index contributed by atoms with van der Waals surface area (Å²) in [6.07, 6.45) is -6.97. The first kappa shape index (κ1) is 34.5. The number of amides is 1. The lowest BCUT2D eigenvalue weighted by atomic mass is 10.0. The molecule has 2 aromatic heterocycles.